The van der Waals surface area contributed by atoms with Crippen LogP contribution in [0.1, 0.15) is 26.6 Å². The molecule has 136 valence electrons. The van der Waals surface area contributed by atoms with Gasteiger partial charge in [-0.2, -0.15) is 0 Å². The van der Waals surface area contributed by atoms with Gasteiger partial charge in [0.05, 0.1) is 5.52 Å². The third-order valence-electron chi connectivity index (χ3n) is 4.32. The number of benzene rings is 1. The summed E-state index contributed by atoms with van der Waals surface area (Å²) in [7, 11) is 0. The van der Waals surface area contributed by atoms with Gasteiger partial charge >= 0.3 is 5.97 Å². The van der Waals surface area contributed by atoms with E-state index in [4.69, 9.17) is 9.15 Å². The Morgan fingerprint density at radius 2 is 1.96 bits per heavy atom. The molecule has 0 aliphatic carbocycles. The Morgan fingerprint density at radius 1 is 1.19 bits per heavy atom. The first kappa shape index (κ1) is 17.4. The maximum atomic E-state index is 12.5. The van der Waals surface area contributed by atoms with E-state index in [9.17, 15) is 9.59 Å². The molecule has 0 bridgehead atoms. The molecule has 7 heteroatoms. The number of Topliss-reactive ketones (excluding diaryl/α,β-unsaturated/α-hetero) is 1. The standard InChI is InChI=1S/C20H16N2O4S/c1-12-13-7-3-4-9-16(13)26-18(12)15(23)11-25-19(24)17-14-8-5-6-10-22(14)20(21-17)27-2/h3-10H,11H2,1-2H3. The van der Waals surface area contributed by atoms with Gasteiger partial charge in [0.15, 0.2) is 23.2 Å². The quantitative estimate of drug-likeness (QED) is 0.294. The van der Waals surface area contributed by atoms with Crippen LogP contribution in [0.25, 0.3) is 16.5 Å². The lowest BCUT2D eigenvalue weighted by Gasteiger charge is -2.02. The van der Waals surface area contributed by atoms with Gasteiger partial charge in [-0.3, -0.25) is 9.20 Å². The highest BCUT2D eigenvalue weighted by atomic mass is 32.2. The van der Waals surface area contributed by atoms with Crippen LogP contribution >= 0.6 is 11.8 Å². The van der Waals surface area contributed by atoms with Crippen LogP contribution in [0.3, 0.4) is 0 Å². The number of hydrogen-bond donors (Lipinski definition) is 0. The summed E-state index contributed by atoms with van der Waals surface area (Å²) < 4.78 is 12.7. The van der Waals surface area contributed by atoms with Crippen molar-refractivity contribution >= 4 is 40.0 Å². The first-order valence-electron chi connectivity index (χ1n) is 8.29. The first-order chi connectivity index (χ1) is 13.1. The normalized spacial score (nSPS) is 11.2. The van der Waals surface area contributed by atoms with Gasteiger partial charge in [-0.05, 0) is 31.4 Å². The fourth-order valence-corrected chi connectivity index (χ4v) is 3.55. The van der Waals surface area contributed by atoms with Gasteiger partial charge in [-0.25, -0.2) is 9.78 Å². The molecule has 0 saturated carbocycles. The predicted molar refractivity (Wildman–Crippen MR) is 103 cm³/mol. The molecule has 0 unspecified atom stereocenters. The molecule has 4 aromatic rings. The number of aromatic nitrogens is 2. The van der Waals surface area contributed by atoms with E-state index in [2.05, 4.69) is 4.98 Å². The fourth-order valence-electron chi connectivity index (χ4n) is 3.01. The number of aryl methyl sites for hydroxylation is 1. The molecule has 0 saturated heterocycles. The zero-order valence-corrected chi connectivity index (χ0v) is 15.6. The van der Waals surface area contributed by atoms with Crippen molar-refractivity contribution in [1.29, 1.82) is 0 Å². The Bertz CT molecular complexity index is 1180. The summed E-state index contributed by atoms with van der Waals surface area (Å²) in [5, 5.41) is 1.55. The number of esters is 1. The molecule has 0 aliphatic heterocycles. The van der Waals surface area contributed by atoms with E-state index >= 15 is 0 Å². The van der Waals surface area contributed by atoms with E-state index in [0.29, 0.717) is 16.3 Å². The van der Waals surface area contributed by atoms with Gasteiger partial charge in [0.1, 0.15) is 5.58 Å². The highest BCUT2D eigenvalue weighted by molar-refractivity contribution is 7.98. The van der Waals surface area contributed by atoms with Crippen LogP contribution in [-0.4, -0.2) is 34.0 Å². The number of ketones is 1. The van der Waals surface area contributed by atoms with Crippen molar-refractivity contribution in [3.05, 3.63) is 65.7 Å². The minimum atomic E-state index is -0.638. The smallest absolute Gasteiger partial charge is 0.359 e. The second-order valence-electron chi connectivity index (χ2n) is 5.95. The lowest BCUT2D eigenvalue weighted by molar-refractivity contribution is 0.0464. The molecule has 0 fully saturated rings. The predicted octanol–water partition coefficient (Wildman–Crippen LogP) is 4.15. The Labute approximate surface area is 159 Å². The average molecular weight is 380 g/mol. The number of pyridine rings is 1. The number of fused-ring (bicyclic) bond motifs is 2. The maximum Gasteiger partial charge on any atom is 0.359 e. The zero-order valence-electron chi connectivity index (χ0n) is 14.8. The van der Waals surface area contributed by atoms with Crippen LogP contribution in [0, 0.1) is 6.92 Å². The molecule has 0 spiro atoms. The first-order valence-corrected chi connectivity index (χ1v) is 9.52. The Kier molecular flexibility index (Phi) is 4.45. The van der Waals surface area contributed by atoms with Crippen LogP contribution in [0.5, 0.6) is 0 Å². The van der Waals surface area contributed by atoms with Crippen molar-refractivity contribution in [3.63, 3.8) is 0 Å². The number of ether oxygens (including phenoxy) is 1. The number of rotatable bonds is 5. The summed E-state index contributed by atoms with van der Waals surface area (Å²) in [4.78, 5) is 29.3. The second-order valence-corrected chi connectivity index (χ2v) is 6.73. The summed E-state index contributed by atoms with van der Waals surface area (Å²) in [5.41, 5.74) is 2.20. The van der Waals surface area contributed by atoms with Gasteiger partial charge in [-0.1, -0.05) is 36.0 Å². The highest BCUT2D eigenvalue weighted by Gasteiger charge is 2.22. The summed E-state index contributed by atoms with van der Waals surface area (Å²) in [6.45, 7) is 1.41. The van der Waals surface area contributed by atoms with Crippen molar-refractivity contribution in [2.24, 2.45) is 0 Å². The number of para-hydroxylation sites is 1. The number of nitrogens with zero attached hydrogens (tertiary/aromatic N) is 2. The maximum absolute atomic E-state index is 12.5. The lowest BCUT2D eigenvalue weighted by Crippen LogP contribution is -2.15. The highest BCUT2D eigenvalue weighted by Crippen LogP contribution is 2.25. The number of imidazole rings is 1. The van der Waals surface area contributed by atoms with E-state index in [0.717, 1.165) is 10.9 Å². The van der Waals surface area contributed by atoms with Crippen LogP contribution in [0.4, 0.5) is 0 Å². The number of carbonyl (C=O) groups is 2. The number of hydrogen-bond acceptors (Lipinski definition) is 6. The Morgan fingerprint density at radius 3 is 2.74 bits per heavy atom. The molecule has 27 heavy (non-hydrogen) atoms. The number of thioether (sulfide) groups is 1. The molecule has 3 heterocycles. The third kappa shape index (κ3) is 3.00. The molecule has 0 N–H and O–H groups in total. The lowest BCUT2D eigenvalue weighted by atomic mass is 10.1. The Balaban J connectivity index is 1.55. The molecule has 6 nitrogen and oxygen atoms in total. The SMILES string of the molecule is CSc1nc(C(=O)OCC(=O)c2oc3ccccc3c2C)c2ccccn12. The minimum Gasteiger partial charge on any atom is -0.453 e. The molecular weight excluding hydrogens is 364 g/mol. The van der Waals surface area contributed by atoms with Crippen molar-refractivity contribution in [2.45, 2.75) is 12.1 Å². The average Bonchev–Trinajstić information content (AvgIpc) is 3.24. The number of furan rings is 1. The van der Waals surface area contributed by atoms with Gasteiger partial charge in [0.25, 0.3) is 0 Å². The topological polar surface area (TPSA) is 73.8 Å². The van der Waals surface area contributed by atoms with Crippen molar-refractivity contribution in [1.82, 2.24) is 9.38 Å². The van der Waals surface area contributed by atoms with E-state index in [-0.39, 0.29) is 17.2 Å². The van der Waals surface area contributed by atoms with Crippen LogP contribution < -0.4 is 0 Å². The van der Waals surface area contributed by atoms with Gasteiger partial charge in [-0.15, -0.1) is 0 Å². The molecule has 4 rings (SSSR count). The third-order valence-corrected chi connectivity index (χ3v) is 4.98. The van der Waals surface area contributed by atoms with Crippen molar-refractivity contribution in [3.8, 4) is 0 Å². The molecule has 0 aliphatic rings. The largest absolute Gasteiger partial charge is 0.453 e. The van der Waals surface area contributed by atoms with E-state index in [1.54, 1.807) is 12.1 Å². The zero-order chi connectivity index (χ0) is 19.0. The van der Waals surface area contributed by atoms with Crippen molar-refractivity contribution < 1.29 is 18.7 Å². The molecule has 1 aromatic carbocycles. The summed E-state index contributed by atoms with van der Waals surface area (Å²) >= 11 is 1.42. The molecular formula is C20H16N2O4S. The van der Waals surface area contributed by atoms with Crippen LogP contribution in [0.15, 0.2) is 58.2 Å². The molecule has 0 atom stereocenters. The number of carbonyl (C=O) groups excluding carboxylic acids is 2. The van der Waals surface area contributed by atoms with Gasteiger partial charge in [0.2, 0.25) is 5.78 Å². The van der Waals surface area contributed by atoms with Gasteiger partial charge < -0.3 is 9.15 Å². The van der Waals surface area contributed by atoms with Crippen LogP contribution in [-0.2, 0) is 4.74 Å². The van der Waals surface area contributed by atoms with E-state index in [1.165, 1.54) is 11.8 Å². The summed E-state index contributed by atoms with van der Waals surface area (Å²) in [5.74, 6) is -0.810. The second kappa shape index (κ2) is 6.92. The monoisotopic (exact) mass is 380 g/mol. The van der Waals surface area contributed by atoms with E-state index in [1.807, 2.05) is 54.1 Å². The molecule has 0 amide bonds. The van der Waals surface area contributed by atoms with Gasteiger partial charge in [0, 0.05) is 17.1 Å². The molecule has 3 aromatic heterocycles. The fraction of sp³-hybridized carbons (Fsp3) is 0.150. The molecule has 0 radical (unpaired) electrons. The minimum absolute atomic E-state index is 0.189. The van der Waals surface area contributed by atoms with Crippen molar-refractivity contribution in [2.75, 3.05) is 12.9 Å². The summed E-state index contributed by atoms with van der Waals surface area (Å²) in [6.07, 6.45) is 3.71. The Hall–Kier alpha value is -3.06. The summed E-state index contributed by atoms with van der Waals surface area (Å²) in [6, 6.07) is 12.9. The van der Waals surface area contributed by atoms with E-state index < -0.39 is 12.6 Å². The van der Waals surface area contributed by atoms with Crippen LogP contribution in [0.2, 0.25) is 0 Å².